The molecule has 1 aliphatic carbocycles. The van der Waals surface area contributed by atoms with Crippen LogP contribution in [0.25, 0.3) is 0 Å². The van der Waals surface area contributed by atoms with E-state index in [0.717, 1.165) is 50.9 Å². The molecule has 25 heavy (non-hydrogen) atoms. The number of rotatable bonds is 8. The molecule has 5 nitrogen and oxygen atoms in total. The van der Waals surface area contributed by atoms with Gasteiger partial charge in [0, 0.05) is 19.1 Å². The van der Waals surface area contributed by atoms with Crippen LogP contribution in [0.5, 0.6) is 0 Å². The second-order valence-corrected chi connectivity index (χ2v) is 7.71. The van der Waals surface area contributed by atoms with Crippen LogP contribution in [0, 0.1) is 5.92 Å². The van der Waals surface area contributed by atoms with Gasteiger partial charge in [-0.1, -0.05) is 30.3 Å². The molecule has 1 aromatic carbocycles. The van der Waals surface area contributed by atoms with Crippen LogP contribution in [-0.4, -0.2) is 66.6 Å². The molecular formula is C20H31N3O2. The summed E-state index contributed by atoms with van der Waals surface area (Å²) in [5.41, 5.74) is 0.992. The molecule has 138 valence electrons. The SMILES string of the molecule is CN(CC(=O)NC1CC1)CC1CCN(C[C@@H](O)c2ccccc2)CC1. The number of carbonyl (C=O) groups excluding carboxylic acids is 1. The van der Waals surface area contributed by atoms with Gasteiger partial charge in [-0.25, -0.2) is 0 Å². The van der Waals surface area contributed by atoms with Gasteiger partial charge in [-0.3, -0.25) is 9.69 Å². The Morgan fingerprint density at radius 3 is 2.56 bits per heavy atom. The summed E-state index contributed by atoms with van der Waals surface area (Å²) in [5.74, 6) is 0.803. The standard InChI is InChI=1S/C20H31N3O2/c1-22(15-20(25)21-18-7-8-18)13-16-9-11-23(12-10-16)14-19(24)17-5-3-2-4-6-17/h2-6,16,18-19,24H,7-15H2,1H3,(H,21,25)/t19-/m1/s1. The van der Waals surface area contributed by atoms with Crippen molar-refractivity contribution in [3.05, 3.63) is 35.9 Å². The zero-order valence-electron chi connectivity index (χ0n) is 15.2. The summed E-state index contributed by atoms with van der Waals surface area (Å²) in [6, 6.07) is 10.3. The van der Waals surface area contributed by atoms with Gasteiger partial charge < -0.3 is 15.3 Å². The Hall–Kier alpha value is -1.43. The summed E-state index contributed by atoms with van der Waals surface area (Å²) < 4.78 is 0. The van der Waals surface area contributed by atoms with Crippen molar-refractivity contribution in [2.24, 2.45) is 5.92 Å². The number of likely N-dealkylation sites (tertiary alicyclic amines) is 1. The quantitative estimate of drug-likeness (QED) is 0.752. The smallest absolute Gasteiger partial charge is 0.234 e. The number of likely N-dealkylation sites (N-methyl/N-ethyl adjacent to an activating group) is 1. The predicted octanol–water partition coefficient (Wildman–Crippen LogP) is 1.64. The fourth-order valence-electron chi connectivity index (χ4n) is 3.63. The first-order valence-corrected chi connectivity index (χ1v) is 9.53. The Kier molecular flexibility index (Phi) is 6.45. The molecule has 1 heterocycles. The number of hydrogen-bond acceptors (Lipinski definition) is 4. The lowest BCUT2D eigenvalue weighted by Gasteiger charge is -2.34. The van der Waals surface area contributed by atoms with E-state index in [1.165, 1.54) is 0 Å². The summed E-state index contributed by atoms with van der Waals surface area (Å²) in [6.45, 7) is 4.24. The Balaban J connectivity index is 1.34. The number of benzene rings is 1. The van der Waals surface area contributed by atoms with Gasteiger partial charge in [0.1, 0.15) is 0 Å². The van der Waals surface area contributed by atoms with Gasteiger partial charge in [0.15, 0.2) is 0 Å². The maximum Gasteiger partial charge on any atom is 0.234 e. The van der Waals surface area contributed by atoms with Crippen molar-refractivity contribution in [1.29, 1.82) is 0 Å². The minimum absolute atomic E-state index is 0.161. The third kappa shape index (κ3) is 6.10. The van der Waals surface area contributed by atoms with Gasteiger partial charge >= 0.3 is 0 Å². The number of carbonyl (C=O) groups is 1. The summed E-state index contributed by atoms with van der Waals surface area (Å²) >= 11 is 0. The molecule has 0 spiro atoms. The normalized spacial score (nSPS) is 20.6. The summed E-state index contributed by atoms with van der Waals surface area (Å²) in [6.07, 6.45) is 4.14. The van der Waals surface area contributed by atoms with Crippen LogP contribution in [0.15, 0.2) is 30.3 Å². The number of aliphatic hydroxyl groups excluding tert-OH is 1. The van der Waals surface area contributed by atoms with Crippen LogP contribution in [-0.2, 0) is 4.79 Å². The van der Waals surface area contributed by atoms with E-state index in [2.05, 4.69) is 15.1 Å². The Morgan fingerprint density at radius 2 is 1.92 bits per heavy atom. The highest BCUT2D eigenvalue weighted by molar-refractivity contribution is 5.78. The second-order valence-electron chi connectivity index (χ2n) is 7.71. The second kappa shape index (κ2) is 8.79. The third-order valence-corrected chi connectivity index (χ3v) is 5.25. The van der Waals surface area contributed by atoms with Gasteiger partial charge in [0.2, 0.25) is 5.91 Å². The Bertz CT molecular complexity index is 539. The lowest BCUT2D eigenvalue weighted by Crippen LogP contribution is -2.42. The topological polar surface area (TPSA) is 55.8 Å². The van der Waals surface area contributed by atoms with E-state index in [1.807, 2.05) is 37.4 Å². The molecule has 0 radical (unpaired) electrons. The fourth-order valence-corrected chi connectivity index (χ4v) is 3.63. The number of nitrogens with zero attached hydrogens (tertiary/aromatic N) is 2. The highest BCUT2D eigenvalue weighted by Crippen LogP contribution is 2.21. The summed E-state index contributed by atoms with van der Waals surface area (Å²) in [5, 5.41) is 13.4. The molecule has 1 saturated carbocycles. The van der Waals surface area contributed by atoms with E-state index in [-0.39, 0.29) is 5.91 Å². The minimum Gasteiger partial charge on any atom is -0.387 e. The lowest BCUT2D eigenvalue weighted by atomic mass is 9.95. The van der Waals surface area contributed by atoms with Crippen LogP contribution in [0.1, 0.15) is 37.4 Å². The zero-order valence-corrected chi connectivity index (χ0v) is 15.2. The largest absolute Gasteiger partial charge is 0.387 e. The number of piperidine rings is 1. The van der Waals surface area contributed by atoms with Crippen molar-refractivity contribution in [2.45, 2.75) is 37.8 Å². The van der Waals surface area contributed by atoms with E-state index >= 15 is 0 Å². The van der Waals surface area contributed by atoms with E-state index < -0.39 is 6.10 Å². The van der Waals surface area contributed by atoms with Crippen LogP contribution in [0.4, 0.5) is 0 Å². The van der Waals surface area contributed by atoms with Crippen molar-refractivity contribution in [1.82, 2.24) is 15.1 Å². The number of amides is 1. The van der Waals surface area contributed by atoms with Crippen LogP contribution in [0.2, 0.25) is 0 Å². The maximum absolute atomic E-state index is 11.9. The van der Waals surface area contributed by atoms with E-state index in [4.69, 9.17) is 0 Å². The number of β-amino-alcohol motifs (C(OH)–C–C–N with tert-alkyl or cyclic N) is 1. The first kappa shape index (κ1) is 18.4. The molecule has 1 aromatic rings. The third-order valence-electron chi connectivity index (χ3n) is 5.25. The zero-order chi connectivity index (χ0) is 17.6. The van der Waals surface area contributed by atoms with Crippen molar-refractivity contribution in [2.75, 3.05) is 39.8 Å². The lowest BCUT2D eigenvalue weighted by molar-refractivity contribution is -0.122. The van der Waals surface area contributed by atoms with Gasteiger partial charge in [0.05, 0.1) is 12.6 Å². The average Bonchev–Trinajstić information content (AvgIpc) is 3.41. The van der Waals surface area contributed by atoms with E-state index in [1.54, 1.807) is 0 Å². The van der Waals surface area contributed by atoms with E-state index in [9.17, 15) is 9.90 Å². The van der Waals surface area contributed by atoms with Gasteiger partial charge in [0.25, 0.3) is 0 Å². The molecule has 0 bridgehead atoms. The van der Waals surface area contributed by atoms with Crippen molar-refractivity contribution in [3.63, 3.8) is 0 Å². The van der Waals surface area contributed by atoms with Crippen LogP contribution >= 0.6 is 0 Å². The molecule has 1 atom stereocenters. The fraction of sp³-hybridized carbons (Fsp3) is 0.650. The highest BCUT2D eigenvalue weighted by Gasteiger charge is 2.25. The molecule has 5 heteroatoms. The van der Waals surface area contributed by atoms with Crippen LogP contribution < -0.4 is 5.32 Å². The minimum atomic E-state index is -0.411. The van der Waals surface area contributed by atoms with Gasteiger partial charge in [-0.2, -0.15) is 0 Å². The first-order valence-electron chi connectivity index (χ1n) is 9.53. The highest BCUT2D eigenvalue weighted by atomic mass is 16.3. The molecular weight excluding hydrogens is 314 g/mol. The molecule has 3 rings (SSSR count). The number of hydrogen-bond donors (Lipinski definition) is 2. The molecule has 0 unspecified atom stereocenters. The van der Waals surface area contributed by atoms with Gasteiger partial charge in [-0.15, -0.1) is 0 Å². The van der Waals surface area contributed by atoms with Crippen LogP contribution in [0.3, 0.4) is 0 Å². The van der Waals surface area contributed by atoms with Crippen molar-refractivity contribution in [3.8, 4) is 0 Å². The molecule has 1 saturated heterocycles. The Morgan fingerprint density at radius 1 is 1.24 bits per heavy atom. The predicted molar refractivity (Wildman–Crippen MR) is 99.2 cm³/mol. The molecule has 2 N–H and O–H groups in total. The maximum atomic E-state index is 11.9. The average molecular weight is 345 g/mol. The van der Waals surface area contributed by atoms with Crippen molar-refractivity contribution < 1.29 is 9.90 Å². The number of nitrogens with one attached hydrogen (secondary N) is 1. The molecule has 2 aliphatic rings. The van der Waals surface area contributed by atoms with Gasteiger partial charge in [-0.05, 0) is 57.3 Å². The molecule has 1 amide bonds. The number of aliphatic hydroxyl groups is 1. The monoisotopic (exact) mass is 345 g/mol. The molecule has 2 fully saturated rings. The summed E-state index contributed by atoms with van der Waals surface area (Å²) in [7, 11) is 2.04. The van der Waals surface area contributed by atoms with Crippen molar-refractivity contribution >= 4 is 5.91 Å². The first-order chi connectivity index (χ1) is 12.1. The molecule has 1 aliphatic heterocycles. The molecule has 0 aromatic heterocycles. The van der Waals surface area contributed by atoms with E-state index in [0.29, 0.717) is 25.0 Å². The Labute approximate surface area is 151 Å². The summed E-state index contributed by atoms with van der Waals surface area (Å²) in [4.78, 5) is 16.4.